The average Bonchev–Trinajstić information content (AvgIpc) is 3.26. The van der Waals surface area contributed by atoms with Crippen molar-refractivity contribution >= 4 is 17.5 Å². The molecule has 0 aromatic heterocycles. The van der Waals surface area contributed by atoms with Gasteiger partial charge in [0.1, 0.15) is 5.82 Å². The molecule has 1 N–H and O–H groups in total. The van der Waals surface area contributed by atoms with Crippen molar-refractivity contribution in [1.29, 1.82) is 0 Å². The maximum atomic E-state index is 13.4. The van der Waals surface area contributed by atoms with Crippen LogP contribution in [0.2, 0.25) is 5.02 Å². The summed E-state index contributed by atoms with van der Waals surface area (Å²) in [4.78, 5) is 14.1. The monoisotopic (exact) mass is 404 g/mol. The molecule has 4 rings (SSSR count). The number of carbonyl (C=O) groups is 1. The summed E-state index contributed by atoms with van der Waals surface area (Å²) in [5.41, 5.74) is 1.77. The summed E-state index contributed by atoms with van der Waals surface area (Å²) in [7, 11) is 0. The van der Waals surface area contributed by atoms with Crippen LogP contribution in [0.1, 0.15) is 30.4 Å². The van der Waals surface area contributed by atoms with Gasteiger partial charge in [-0.15, -0.1) is 0 Å². The molecule has 2 aromatic rings. The van der Waals surface area contributed by atoms with Crippen LogP contribution in [0, 0.1) is 5.82 Å². The molecule has 0 radical (unpaired) electrons. The van der Waals surface area contributed by atoms with E-state index in [-0.39, 0.29) is 24.6 Å². The first kappa shape index (κ1) is 19.0. The molecular formula is C21H22ClFN2O3. The van der Waals surface area contributed by atoms with Crippen molar-refractivity contribution in [2.45, 2.75) is 38.4 Å². The van der Waals surface area contributed by atoms with Crippen LogP contribution < -0.4 is 14.8 Å². The second-order valence-electron chi connectivity index (χ2n) is 7.11. The highest BCUT2D eigenvalue weighted by Crippen LogP contribution is 2.36. The molecule has 2 aliphatic rings. The zero-order valence-electron chi connectivity index (χ0n) is 15.4. The molecule has 0 aliphatic carbocycles. The first-order valence-corrected chi connectivity index (χ1v) is 9.80. The fourth-order valence-corrected chi connectivity index (χ4v) is 3.95. The summed E-state index contributed by atoms with van der Waals surface area (Å²) in [6.45, 7) is 2.04. The van der Waals surface area contributed by atoms with Gasteiger partial charge in [-0.3, -0.25) is 4.79 Å². The van der Waals surface area contributed by atoms with Crippen molar-refractivity contribution in [3.8, 4) is 11.5 Å². The number of fused-ring (bicyclic) bond motifs is 1. The maximum Gasteiger partial charge on any atom is 0.231 e. The molecule has 0 bridgehead atoms. The highest BCUT2D eigenvalue weighted by Gasteiger charge is 2.30. The number of benzene rings is 2. The molecule has 1 amide bonds. The van der Waals surface area contributed by atoms with Crippen LogP contribution >= 0.6 is 11.6 Å². The Balaban J connectivity index is 1.30. The lowest BCUT2D eigenvalue weighted by molar-refractivity contribution is -0.129. The Morgan fingerprint density at radius 3 is 2.86 bits per heavy atom. The summed E-state index contributed by atoms with van der Waals surface area (Å²) in [5.74, 6) is 1.24. The van der Waals surface area contributed by atoms with E-state index in [1.165, 1.54) is 12.1 Å². The molecule has 7 heteroatoms. The largest absolute Gasteiger partial charge is 0.454 e. The number of ether oxygens (including phenoxy) is 2. The van der Waals surface area contributed by atoms with Crippen LogP contribution in [-0.4, -0.2) is 30.2 Å². The second kappa shape index (κ2) is 8.37. The fourth-order valence-electron chi connectivity index (χ4n) is 3.73. The van der Waals surface area contributed by atoms with E-state index in [2.05, 4.69) is 5.32 Å². The minimum Gasteiger partial charge on any atom is -0.454 e. The molecule has 2 aliphatic heterocycles. The third kappa shape index (κ3) is 4.23. The number of hydrogen-bond acceptors (Lipinski definition) is 4. The van der Waals surface area contributed by atoms with E-state index in [0.29, 0.717) is 36.0 Å². The van der Waals surface area contributed by atoms with Gasteiger partial charge in [-0.2, -0.15) is 0 Å². The van der Waals surface area contributed by atoms with Gasteiger partial charge in [0.25, 0.3) is 0 Å². The molecule has 1 unspecified atom stereocenters. The van der Waals surface area contributed by atoms with Crippen molar-refractivity contribution in [2.24, 2.45) is 0 Å². The van der Waals surface area contributed by atoms with Crippen molar-refractivity contribution in [2.75, 3.05) is 13.3 Å². The summed E-state index contributed by atoms with van der Waals surface area (Å²) >= 11 is 6.30. The Kier molecular flexibility index (Phi) is 5.69. The van der Waals surface area contributed by atoms with E-state index < -0.39 is 0 Å². The fraction of sp³-hybridized carbons (Fsp3) is 0.381. The SMILES string of the molecule is O=C1CCC(CCNCc2cc3c(cc2Cl)OCO3)N1Cc1cccc(F)c1. The van der Waals surface area contributed by atoms with Gasteiger partial charge < -0.3 is 19.7 Å². The standard InChI is InChI=1S/C21H22ClFN2O3/c22-18-10-20-19(27-13-28-20)9-15(18)11-24-7-6-17-4-5-21(26)25(17)12-14-2-1-3-16(23)8-14/h1-3,8-10,17,24H,4-7,11-13H2. The number of nitrogens with zero attached hydrogens (tertiary/aromatic N) is 1. The summed E-state index contributed by atoms with van der Waals surface area (Å²) in [6.07, 6.45) is 2.22. The van der Waals surface area contributed by atoms with Crippen molar-refractivity contribution in [1.82, 2.24) is 10.2 Å². The van der Waals surface area contributed by atoms with Gasteiger partial charge in [0, 0.05) is 36.6 Å². The predicted octanol–water partition coefficient (Wildman–Crippen LogP) is 3.88. The molecule has 5 nitrogen and oxygen atoms in total. The van der Waals surface area contributed by atoms with E-state index >= 15 is 0 Å². The Bertz CT molecular complexity index is 877. The molecular weight excluding hydrogens is 383 g/mol. The first-order chi connectivity index (χ1) is 13.6. The lowest BCUT2D eigenvalue weighted by Gasteiger charge is -2.25. The predicted molar refractivity (Wildman–Crippen MR) is 104 cm³/mol. The van der Waals surface area contributed by atoms with Gasteiger partial charge >= 0.3 is 0 Å². The lowest BCUT2D eigenvalue weighted by atomic mass is 10.1. The number of nitrogens with one attached hydrogen (secondary N) is 1. The van der Waals surface area contributed by atoms with Gasteiger partial charge in [0.05, 0.1) is 0 Å². The Morgan fingerprint density at radius 2 is 2.04 bits per heavy atom. The molecule has 148 valence electrons. The third-order valence-electron chi connectivity index (χ3n) is 5.21. The zero-order valence-corrected chi connectivity index (χ0v) is 16.2. The van der Waals surface area contributed by atoms with Crippen molar-refractivity contribution in [3.63, 3.8) is 0 Å². The van der Waals surface area contributed by atoms with Crippen LogP contribution in [0.15, 0.2) is 36.4 Å². The molecule has 1 fully saturated rings. The van der Waals surface area contributed by atoms with Gasteiger partial charge in [0.15, 0.2) is 11.5 Å². The van der Waals surface area contributed by atoms with Crippen LogP contribution in [0.25, 0.3) is 0 Å². The molecule has 2 aromatic carbocycles. The summed E-state index contributed by atoms with van der Waals surface area (Å²) < 4.78 is 24.1. The molecule has 1 atom stereocenters. The van der Waals surface area contributed by atoms with Gasteiger partial charge in [-0.05, 0) is 48.7 Å². The zero-order chi connectivity index (χ0) is 19.5. The van der Waals surface area contributed by atoms with Gasteiger partial charge in [-0.25, -0.2) is 4.39 Å². The van der Waals surface area contributed by atoms with Crippen LogP contribution in [0.3, 0.4) is 0 Å². The third-order valence-corrected chi connectivity index (χ3v) is 5.56. The molecule has 2 heterocycles. The molecule has 1 saturated heterocycles. The lowest BCUT2D eigenvalue weighted by Crippen LogP contribution is -2.34. The van der Waals surface area contributed by atoms with Gasteiger partial charge in [-0.1, -0.05) is 23.7 Å². The minimum absolute atomic E-state index is 0.132. The maximum absolute atomic E-state index is 13.4. The Hall–Kier alpha value is -2.31. The van der Waals surface area contributed by atoms with Gasteiger partial charge in [0.2, 0.25) is 12.7 Å². The number of carbonyl (C=O) groups excluding carboxylic acids is 1. The van der Waals surface area contributed by atoms with Crippen LogP contribution in [0.5, 0.6) is 11.5 Å². The quantitative estimate of drug-likeness (QED) is 0.711. The van der Waals surface area contributed by atoms with Crippen molar-refractivity contribution < 1.29 is 18.7 Å². The minimum atomic E-state index is -0.275. The molecule has 0 spiro atoms. The van der Waals surface area contributed by atoms with Crippen LogP contribution in [-0.2, 0) is 17.9 Å². The Labute approximate surface area is 168 Å². The Morgan fingerprint density at radius 1 is 1.21 bits per heavy atom. The normalized spacial score (nSPS) is 18.1. The van der Waals surface area contributed by atoms with E-state index in [1.807, 2.05) is 17.0 Å². The molecule has 28 heavy (non-hydrogen) atoms. The molecule has 0 saturated carbocycles. The number of likely N-dealkylation sites (tertiary alicyclic amines) is 1. The van der Waals surface area contributed by atoms with E-state index in [4.69, 9.17) is 21.1 Å². The average molecular weight is 405 g/mol. The number of rotatable bonds is 7. The smallest absolute Gasteiger partial charge is 0.231 e. The topological polar surface area (TPSA) is 50.8 Å². The highest BCUT2D eigenvalue weighted by atomic mass is 35.5. The summed E-state index contributed by atoms with van der Waals surface area (Å²) in [6, 6.07) is 10.3. The first-order valence-electron chi connectivity index (χ1n) is 9.43. The highest BCUT2D eigenvalue weighted by molar-refractivity contribution is 6.31. The number of halogens is 2. The second-order valence-corrected chi connectivity index (χ2v) is 7.51. The van der Waals surface area contributed by atoms with E-state index in [9.17, 15) is 9.18 Å². The number of hydrogen-bond donors (Lipinski definition) is 1. The number of amides is 1. The van der Waals surface area contributed by atoms with E-state index in [0.717, 1.165) is 30.5 Å². The van der Waals surface area contributed by atoms with E-state index in [1.54, 1.807) is 12.1 Å². The summed E-state index contributed by atoms with van der Waals surface area (Å²) in [5, 5.41) is 4.03. The van der Waals surface area contributed by atoms with Crippen molar-refractivity contribution in [3.05, 3.63) is 58.4 Å². The van der Waals surface area contributed by atoms with Crippen LogP contribution in [0.4, 0.5) is 4.39 Å².